The number of hydrogen-bond donors (Lipinski definition) is 1. The molecule has 0 fully saturated rings. The van der Waals surface area contributed by atoms with Crippen molar-refractivity contribution in [1.82, 2.24) is 9.38 Å². The summed E-state index contributed by atoms with van der Waals surface area (Å²) in [5, 5.41) is 4.62. The molecular formula is C20H21N3O4S. The number of fused-ring (bicyclic) bond motifs is 1. The minimum atomic E-state index is -0.522. The second-order valence-electron chi connectivity index (χ2n) is 6.30. The molecule has 1 amide bonds. The zero-order valence-corrected chi connectivity index (χ0v) is 16.5. The van der Waals surface area contributed by atoms with Crippen molar-refractivity contribution in [3.05, 3.63) is 63.5 Å². The Hall–Kier alpha value is -3.00. The van der Waals surface area contributed by atoms with Gasteiger partial charge in [-0.2, -0.15) is 0 Å². The molecule has 146 valence electrons. The van der Waals surface area contributed by atoms with Crippen LogP contribution < -0.4 is 10.9 Å². The van der Waals surface area contributed by atoms with E-state index >= 15 is 0 Å². The molecule has 28 heavy (non-hydrogen) atoms. The summed E-state index contributed by atoms with van der Waals surface area (Å²) in [7, 11) is 0. The van der Waals surface area contributed by atoms with Gasteiger partial charge in [0.1, 0.15) is 6.61 Å². The van der Waals surface area contributed by atoms with Crippen LogP contribution in [0.5, 0.6) is 0 Å². The maximum atomic E-state index is 12.2. The minimum absolute atomic E-state index is 0.0260. The Morgan fingerprint density at radius 2 is 1.93 bits per heavy atom. The van der Waals surface area contributed by atoms with Crippen molar-refractivity contribution in [2.45, 2.75) is 33.3 Å². The van der Waals surface area contributed by atoms with E-state index in [9.17, 15) is 14.4 Å². The standard InChI is InChI=1S/C20H21N3O4S/c1-3-13(4-2)18(25)21-15-7-5-14(6-8-15)19(26)27-12-16-11-17(24)23-9-10-28-20(23)22-16/h5-11,13H,3-4,12H2,1-2H3,(H,21,25). The van der Waals surface area contributed by atoms with Gasteiger partial charge in [-0.1, -0.05) is 13.8 Å². The molecule has 0 atom stereocenters. The van der Waals surface area contributed by atoms with Gasteiger partial charge in [-0.25, -0.2) is 9.78 Å². The Balaban J connectivity index is 1.61. The van der Waals surface area contributed by atoms with Crippen LogP contribution >= 0.6 is 11.3 Å². The van der Waals surface area contributed by atoms with Crippen LogP contribution in [-0.4, -0.2) is 21.3 Å². The highest BCUT2D eigenvalue weighted by Crippen LogP contribution is 2.15. The second-order valence-corrected chi connectivity index (χ2v) is 7.17. The number of amides is 1. The zero-order chi connectivity index (χ0) is 20.1. The summed E-state index contributed by atoms with van der Waals surface area (Å²) < 4.78 is 6.69. The Morgan fingerprint density at radius 3 is 2.61 bits per heavy atom. The lowest BCUT2D eigenvalue weighted by atomic mass is 10.0. The van der Waals surface area contributed by atoms with Crippen LogP contribution in [0.4, 0.5) is 5.69 Å². The van der Waals surface area contributed by atoms with Crippen LogP contribution in [0.3, 0.4) is 0 Å². The molecule has 0 aliphatic carbocycles. The number of rotatable bonds is 7. The fourth-order valence-electron chi connectivity index (χ4n) is 2.78. The van der Waals surface area contributed by atoms with E-state index < -0.39 is 5.97 Å². The second kappa shape index (κ2) is 8.79. The summed E-state index contributed by atoms with van der Waals surface area (Å²) in [5.41, 5.74) is 1.17. The quantitative estimate of drug-likeness (QED) is 0.614. The van der Waals surface area contributed by atoms with Crippen LogP contribution in [0.25, 0.3) is 4.96 Å². The highest BCUT2D eigenvalue weighted by Gasteiger charge is 2.15. The maximum Gasteiger partial charge on any atom is 0.338 e. The van der Waals surface area contributed by atoms with Gasteiger partial charge in [0.05, 0.1) is 11.3 Å². The number of benzene rings is 1. The minimum Gasteiger partial charge on any atom is -0.456 e. The Morgan fingerprint density at radius 1 is 1.21 bits per heavy atom. The van der Waals surface area contributed by atoms with Crippen molar-refractivity contribution in [2.75, 3.05) is 5.32 Å². The summed E-state index contributed by atoms with van der Waals surface area (Å²) in [6.07, 6.45) is 3.21. The fourth-order valence-corrected chi connectivity index (χ4v) is 3.52. The first-order chi connectivity index (χ1) is 13.5. The largest absolute Gasteiger partial charge is 0.456 e. The van der Waals surface area contributed by atoms with Gasteiger partial charge in [-0.15, -0.1) is 11.3 Å². The third kappa shape index (κ3) is 4.45. The van der Waals surface area contributed by atoms with Crippen molar-refractivity contribution in [1.29, 1.82) is 0 Å². The summed E-state index contributed by atoms with van der Waals surface area (Å²) >= 11 is 1.33. The molecule has 3 rings (SSSR count). The average molecular weight is 399 g/mol. The molecule has 0 bridgehead atoms. The van der Waals surface area contributed by atoms with E-state index in [1.165, 1.54) is 21.8 Å². The molecule has 0 saturated heterocycles. The Labute approximate surface area is 166 Å². The van der Waals surface area contributed by atoms with Gasteiger partial charge < -0.3 is 10.1 Å². The van der Waals surface area contributed by atoms with Gasteiger partial charge in [-0.3, -0.25) is 14.0 Å². The molecule has 0 spiro atoms. The molecule has 0 aliphatic rings. The molecule has 0 saturated carbocycles. The Kier molecular flexibility index (Phi) is 6.20. The van der Waals surface area contributed by atoms with Crippen molar-refractivity contribution in [3.8, 4) is 0 Å². The Bertz CT molecular complexity index is 1040. The molecule has 0 unspecified atom stereocenters. The van der Waals surface area contributed by atoms with Crippen LogP contribution in [0.2, 0.25) is 0 Å². The predicted molar refractivity (Wildman–Crippen MR) is 108 cm³/mol. The molecule has 0 aliphatic heterocycles. The third-order valence-corrected chi connectivity index (χ3v) is 5.21. The first kappa shape index (κ1) is 19.8. The molecule has 8 heteroatoms. The zero-order valence-electron chi connectivity index (χ0n) is 15.7. The van der Waals surface area contributed by atoms with E-state index in [0.717, 1.165) is 12.8 Å². The van der Waals surface area contributed by atoms with E-state index in [4.69, 9.17) is 4.74 Å². The molecule has 3 aromatic rings. The normalized spacial score (nSPS) is 11.0. The van der Waals surface area contributed by atoms with Crippen LogP contribution in [0.15, 0.2) is 46.7 Å². The van der Waals surface area contributed by atoms with Crippen LogP contribution in [0, 0.1) is 5.92 Å². The number of carbonyl (C=O) groups is 2. The van der Waals surface area contributed by atoms with Crippen molar-refractivity contribution in [2.24, 2.45) is 5.92 Å². The smallest absolute Gasteiger partial charge is 0.338 e. The van der Waals surface area contributed by atoms with Gasteiger partial charge in [0.2, 0.25) is 5.91 Å². The number of thiazole rings is 1. The van der Waals surface area contributed by atoms with Gasteiger partial charge in [0.15, 0.2) is 4.96 Å². The van der Waals surface area contributed by atoms with Crippen molar-refractivity contribution in [3.63, 3.8) is 0 Å². The molecule has 0 radical (unpaired) electrons. The molecule has 7 nitrogen and oxygen atoms in total. The third-order valence-electron chi connectivity index (χ3n) is 4.45. The number of hydrogen-bond acceptors (Lipinski definition) is 6. The van der Waals surface area contributed by atoms with Gasteiger partial charge in [0.25, 0.3) is 5.56 Å². The van der Waals surface area contributed by atoms with Crippen molar-refractivity contribution < 1.29 is 14.3 Å². The number of nitrogens with one attached hydrogen (secondary N) is 1. The number of aromatic nitrogens is 2. The van der Waals surface area contributed by atoms with E-state index in [2.05, 4.69) is 10.3 Å². The molecule has 1 aromatic carbocycles. The predicted octanol–water partition coefficient (Wildman–Crippen LogP) is 3.49. The van der Waals surface area contributed by atoms with Crippen LogP contribution in [-0.2, 0) is 16.1 Å². The fraction of sp³-hybridized carbons (Fsp3) is 0.300. The average Bonchev–Trinajstić information content (AvgIpc) is 3.17. The first-order valence-corrected chi connectivity index (χ1v) is 9.93. The molecule has 2 heterocycles. The first-order valence-electron chi connectivity index (χ1n) is 9.05. The highest BCUT2D eigenvalue weighted by atomic mass is 32.1. The maximum absolute atomic E-state index is 12.2. The van der Waals surface area contributed by atoms with E-state index in [1.807, 2.05) is 13.8 Å². The topological polar surface area (TPSA) is 89.8 Å². The highest BCUT2D eigenvalue weighted by molar-refractivity contribution is 7.15. The summed E-state index contributed by atoms with van der Waals surface area (Å²) in [4.78, 5) is 41.1. The summed E-state index contributed by atoms with van der Waals surface area (Å²) in [6, 6.07) is 7.87. The van der Waals surface area contributed by atoms with Gasteiger partial charge in [-0.05, 0) is 37.1 Å². The molecular weight excluding hydrogens is 378 g/mol. The number of esters is 1. The van der Waals surface area contributed by atoms with Gasteiger partial charge in [0, 0.05) is 29.2 Å². The lowest BCUT2D eigenvalue weighted by molar-refractivity contribution is -0.120. The van der Waals surface area contributed by atoms with Crippen LogP contribution in [0.1, 0.15) is 42.7 Å². The van der Waals surface area contributed by atoms with E-state index in [1.54, 1.807) is 35.8 Å². The SMILES string of the molecule is CCC(CC)C(=O)Nc1ccc(C(=O)OCc2cc(=O)n3ccsc3n2)cc1. The van der Waals surface area contributed by atoms with E-state index in [-0.39, 0.29) is 24.0 Å². The number of anilines is 1. The lowest BCUT2D eigenvalue weighted by Gasteiger charge is -2.13. The molecule has 2 aromatic heterocycles. The van der Waals surface area contributed by atoms with Gasteiger partial charge >= 0.3 is 5.97 Å². The molecule has 1 N–H and O–H groups in total. The summed E-state index contributed by atoms with van der Waals surface area (Å²) in [6.45, 7) is 3.87. The monoisotopic (exact) mass is 399 g/mol. The lowest BCUT2D eigenvalue weighted by Crippen LogP contribution is -2.21. The number of ether oxygens (including phenoxy) is 1. The summed E-state index contributed by atoms with van der Waals surface area (Å²) in [5.74, 6) is -0.574. The number of nitrogens with zero attached hydrogens (tertiary/aromatic N) is 2. The number of carbonyl (C=O) groups excluding carboxylic acids is 2. The van der Waals surface area contributed by atoms with Crippen molar-refractivity contribution >= 4 is 33.9 Å². The van der Waals surface area contributed by atoms with E-state index in [0.29, 0.717) is 21.9 Å².